The van der Waals surface area contributed by atoms with E-state index in [1.165, 1.54) is 12.0 Å². The van der Waals surface area contributed by atoms with Gasteiger partial charge in [-0.3, -0.25) is 0 Å². The van der Waals surface area contributed by atoms with Crippen molar-refractivity contribution in [1.29, 1.82) is 0 Å². The van der Waals surface area contributed by atoms with Crippen LogP contribution in [-0.4, -0.2) is 20.3 Å². The normalized spacial score (nSPS) is 24.2. The highest BCUT2D eigenvalue weighted by atomic mass is 16.5. The lowest BCUT2D eigenvalue weighted by molar-refractivity contribution is 0.354. The van der Waals surface area contributed by atoms with Gasteiger partial charge in [0, 0.05) is 6.04 Å². The van der Waals surface area contributed by atoms with Gasteiger partial charge < -0.3 is 15.2 Å². The molecule has 3 heteroatoms. The van der Waals surface area contributed by atoms with Crippen molar-refractivity contribution in [3.8, 4) is 11.5 Å². The maximum absolute atomic E-state index is 6.19. The molecule has 0 amide bonds. The summed E-state index contributed by atoms with van der Waals surface area (Å²) in [6, 6.07) is 6.29. The number of ether oxygens (including phenoxy) is 2. The fourth-order valence-corrected chi connectivity index (χ4v) is 2.38. The second-order valence-corrected chi connectivity index (χ2v) is 4.93. The first-order valence-corrected chi connectivity index (χ1v) is 6.12. The lowest BCUT2D eigenvalue weighted by atomic mass is 10.0. The number of benzene rings is 1. The minimum Gasteiger partial charge on any atom is -0.493 e. The van der Waals surface area contributed by atoms with Crippen LogP contribution < -0.4 is 15.2 Å². The molecule has 1 aromatic rings. The van der Waals surface area contributed by atoms with Gasteiger partial charge in [0.15, 0.2) is 11.5 Å². The largest absolute Gasteiger partial charge is 0.493 e. The molecule has 0 aliphatic heterocycles. The van der Waals surface area contributed by atoms with Crippen LogP contribution in [0.5, 0.6) is 11.5 Å². The van der Waals surface area contributed by atoms with Crippen molar-refractivity contribution in [2.45, 2.75) is 25.8 Å². The van der Waals surface area contributed by atoms with E-state index in [0.717, 1.165) is 23.8 Å². The van der Waals surface area contributed by atoms with E-state index in [2.05, 4.69) is 13.0 Å². The molecule has 3 atom stereocenters. The number of hydrogen-bond acceptors (Lipinski definition) is 3. The van der Waals surface area contributed by atoms with E-state index in [1.807, 2.05) is 12.1 Å². The molecule has 94 valence electrons. The first kappa shape index (κ1) is 12.2. The van der Waals surface area contributed by atoms with Gasteiger partial charge in [0.25, 0.3) is 0 Å². The zero-order chi connectivity index (χ0) is 12.4. The fourth-order valence-electron chi connectivity index (χ4n) is 2.38. The van der Waals surface area contributed by atoms with Gasteiger partial charge in [0.05, 0.1) is 14.2 Å². The molecule has 0 heterocycles. The SMILES string of the molecule is COc1ccc(CC(N)C2CC2C)cc1OC. The molecule has 3 nitrogen and oxygen atoms in total. The third-order valence-corrected chi connectivity index (χ3v) is 3.64. The van der Waals surface area contributed by atoms with Crippen molar-refractivity contribution in [1.82, 2.24) is 0 Å². The second-order valence-electron chi connectivity index (χ2n) is 4.93. The van der Waals surface area contributed by atoms with E-state index < -0.39 is 0 Å². The van der Waals surface area contributed by atoms with Gasteiger partial charge in [-0.2, -0.15) is 0 Å². The third-order valence-electron chi connectivity index (χ3n) is 3.64. The second kappa shape index (κ2) is 4.96. The summed E-state index contributed by atoms with van der Waals surface area (Å²) in [4.78, 5) is 0. The molecule has 1 saturated carbocycles. The molecule has 1 aromatic carbocycles. The Morgan fingerprint density at radius 1 is 1.29 bits per heavy atom. The molecule has 17 heavy (non-hydrogen) atoms. The highest BCUT2D eigenvalue weighted by Crippen LogP contribution is 2.41. The lowest BCUT2D eigenvalue weighted by Crippen LogP contribution is -2.25. The quantitative estimate of drug-likeness (QED) is 0.851. The molecule has 1 fully saturated rings. The minimum atomic E-state index is 0.267. The topological polar surface area (TPSA) is 44.5 Å². The number of nitrogens with two attached hydrogens (primary N) is 1. The molecule has 0 aromatic heterocycles. The fraction of sp³-hybridized carbons (Fsp3) is 0.571. The Balaban J connectivity index is 2.05. The first-order valence-electron chi connectivity index (χ1n) is 6.12. The highest BCUT2D eigenvalue weighted by Gasteiger charge is 2.37. The van der Waals surface area contributed by atoms with Crippen molar-refractivity contribution in [3.05, 3.63) is 23.8 Å². The van der Waals surface area contributed by atoms with E-state index in [9.17, 15) is 0 Å². The smallest absolute Gasteiger partial charge is 0.160 e. The Kier molecular flexibility index (Phi) is 3.57. The van der Waals surface area contributed by atoms with E-state index >= 15 is 0 Å². The van der Waals surface area contributed by atoms with Gasteiger partial charge in [-0.25, -0.2) is 0 Å². The van der Waals surface area contributed by atoms with Gasteiger partial charge in [-0.15, -0.1) is 0 Å². The van der Waals surface area contributed by atoms with Crippen LogP contribution >= 0.6 is 0 Å². The highest BCUT2D eigenvalue weighted by molar-refractivity contribution is 5.43. The van der Waals surface area contributed by atoms with E-state index in [-0.39, 0.29) is 6.04 Å². The van der Waals surface area contributed by atoms with Crippen molar-refractivity contribution >= 4 is 0 Å². The molecule has 3 unspecified atom stereocenters. The summed E-state index contributed by atoms with van der Waals surface area (Å²) < 4.78 is 10.5. The van der Waals surface area contributed by atoms with Gasteiger partial charge in [-0.05, 0) is 42.4 Å². The van der Waals surface area contributed by atoms with Crippen LogP contribution in [0.25, 0.3) is 0 Å². The Bertz CT molecular complexity index is 392. The maximum atomic E-state index is 6.19. The van der Waals surface area contributed by atoms with E-state index in [1.54, 1.807) is 14.2 Å². The summed E-state index contributed by atoms with van der Waals surface area (Å²) in [5.41, 5.74) is 7.41. The van der Waals surface area contributed by atoms with Gasteiger partial charge in [0.1, 0.15) is 0 Å². The van der Waals surface area contributed by atoms with Crippen LogP contribution in [0.4, 0.5) is 0 Å². The van der Waals surface area contributed by atoms with Crippen LogP contribution in [-0.2, 0) is 6.42 Å². The Labute approximate surface area is 103 Å². The van der Waals surface area contributed by atoms with Crippen LogP contribution in [0, 0.1) is 11.8 Å². The monoisotopic (exact) mass is 235 g/mol. The first-order chi connectivity index (χ1) is 8.15. The van der Waals surface area contributed by atoms with Crippen LogP contribution in [0.15, 0.2) is 18.2 Å². The van der Waals surface area contributed by atoms with Crippen LogP contribution in [0.2, 0.25) is 0 Å². The zero-order valence-corrected chi connectivity index (χ0v) is 10.8. The average molecular weight is 235 g/mol. The number of rotatable bonds is 5. The standard InChI is InChI=1S/C14H21NO2/c1-9-6-11(9)12(15)7-10-4-5-13(16-2)14(8-10)17-3/h4-5,8-9,11-12H,6-7,15H2,1-3H3. The van der Waals surface area contributed by atoms with Crippen LogP contribution in [0.1, 0.15) is 18.9 Å². The summed E-state index contributed by atoms with van der Waals surface area (Å²) in [6.07, 6.45) is 2.18. The molecule has 0 spiro atoms. The molecular formula is C14H21NO2. The molecule has 2 N–H and O–H groups in total. The molecule has 1 aliphatic rings. The zero-order valence-electron chi connectivity index (χ0n) is 10.8. The summed E-state index contributed by atoms with van der Waals surface area (Å²) in [5.74, 6) is 3.04. The van der Waals surface area contributed by atoms with Crippen molar-refractivity contribution in [2.24, 2.45) is 17.6 Å². The van der Waals surface area contributed by atoms with E-state index in [0.29, 0.717) is 5.92 Å². The summed E-state index contributed by atoms with van der Waals surface area (Å²) in [5, 5.41) is 0. The summed E-state index contributed by atoms with van der Waals surface area (Å²) in [6.45, 7) is 2.26. The Hall–Kier alpha value is -1.22. The van der Waals surface area contributed by atoms with Crippen molar-refractivity contribution in [3.63, 3.8) is 0 Å². The van der Waals surface area contributed by atoms with Crippen molar-refractivity contribution < 1.29 is 9.47 Å². The summed E-state index contributed by atoms with van der Waals surface area (Å²) in [7, 11) is 3.31. The van der Waals surface area contributed by atoms with Crippen LogP contribution in [0.3, 0.4) is 0 Å². The molecular weight excluding hydrogens is 214 g/mol. The van der Waals surface area contributed by atoms with E-state index in [4.69, 9.17) is 15.2 Å². The third kappa shape index (κ3) is 2.72. The molecule has 1 aliphatic carbocycles. The minimum absolute atomic E-state index is 0.267. The van der Waals surface area contributed by atoms with Gasteiger partial charge in [-0.1, -0.05) is 13.0 Å². The Morgan fingerprint density at radius 3 is 2.47 bits per heavy atom. The predicted octanol–water partition coefficient (Wildman–Crippen LogP) is 2.23. The summed E-state index contributed by atoms with van der Waals surface area (Å²) >= 11 is 0. The number of methoxy groups -OCH3 is 2. The number of hydrogen-bond donors (Lipinski definition) is 1. The molecule has 0 bridgehead atoms. The van der Waals surface area contributed by atoms with Gasteiger partial charge in [0.2, 0.25) is 0 Å². The molecule has 0 saturated heterocycles. The predicted molar refractivity (Wildman–Crippen MR) is 68.5 cm³/mol. The lowest BCUT2D eigenvalue weighted by Gasteiger charge is -2.13. The molecule has 2 rings (SSSR count). The van der Waals surface area contributed by atoms with Crippen molar-refractivity contribution in [2.75, 3.05) is 14.2 Å². The molecule has 0 radical (unpaired) electrons. The maximum Gasteiger partial charge on any atom is 0.160 e. The average Bonchev–Trinajstić information content (AvgIpc) is 3.06. The Morgan fingerprint density at radius 2 is 1.94 bits per heavy atom. The van der Waals surface area contributed by atoms with Gasteiger partial charge >= 0.3 is 0 Å².